The lowest BCUT2D eigenvalue weighted by Crippen LogP contribution is -2.23. The van der Waals surface area contributed by atoms with E-state index in [4.69, 9.17) is 0 Å². The summed E-state index contributed by atoms with van der Waals surface area (Å²) in [6.45, 7) is 2.97. The van der Waals surface area contributed by atoms with Crippen LogP contribution >= 0.6 is 11.8 Å². The molecule has 1 aromatic rings. The molecule has 1 rings (SSSR count). The molecule has 0 radical (unpaired) electrons. The van der Waals surface area contributed by atoms with Crippen molar-refractivity contribution >= 4 is 11.8 Å². The van der Waals surface area contributed by atoms with Crippen molar-refractivity contribution in [2.75, 3.05) is 18.6 Å². The average molecular weight is 259 g/mol. The standard InChI is InChI=1S/C13H19F2NS/c1-3-7-16-13(6-8-17-2)10-4-5-11(14)12(15)9-10/h4-5,9,13,16H,3,6-8H2,1-2H3. The fraction of sp³-hybridized carbons (Fsp3) is 0.538. The first-order valence-corrected chi connectivity index (χ1v) is 7.25. The number of thioether (sulfide) groups is 1. The van der Waals surface area contributed by atoms with Crippen LogP contribution in [0.2, 0.25) is 0 Å². The maximum Gasteiger partial charge on any atom is 0.159 e. The Morgan fingerprint density at radius 2 is 2.06 bits per heavy atom. The normalized spacial score (nSPS) is 12.7. The Morgan fingerprint density at radius 3 is 2.65 bits per heavy atom. The number of benzene rings is 1. The zero-order chi connectivity index (χ0) is 12.7. The summed E-state index contributed by atoms with van der Waals surface area (Å²) in [4.78, 5) is 0. The molecule has 17 heavy (non-hydrogen) atoms. The second-order valence-electron chi connectivity index (χ2n) is 3.96. The van der Waals surface area contributed by atoms with E-state index in [-0.39, 0.29) is 6.04 Å². The molecule has 0 aliphatic heterocycles. The topological polar surface area (TPSA) is 12.0 Å². The second kappa shape index (κ2) is 7.67. The molecule has 0 fully saturated rings. The molecule has 0 heterocycles. The summed E-state index contributed by atoms with van der Waals surface area (Å²) in [5.74, 6) is -0.553. The zero-order valence-corrected chi connectivity index (χ0v) is 11.1. The van der Waals surface area contributed by atoms with Crippen LogP contribution < -0.4 is 5.32 Å². The van der Waals surface area contributed by atoms with Crippen molar-refractivity contribution in [3.05, 3.63) is 35.4 Å². The highest BCUT2D eigenvalue weighted by atomic mass is 32.2. The number of nitrogens with one attached hydrogen (secondary N) is 1. The molecule has 0 saturated carbocycles. The molecule has 0 saturated heterocycles. The summed E-state index contributed by atoms with van der Waals surface area (Å²) in [5.41, 5.74) is 0.825. The van der Waals surface area contributed by atoms with Crippen molar-refractivity contribution in [2.24, 2.45) is 0 Å². The van der Waals surface area contributed by atoms with Gasteiger partial charge < -0.3 is 5.32 Å². The van der Waals surface area contributed by atoms with E-state index in [1.807, 2.05) is 6.26 Å². The van der Waals surface area contributed by atoms with Gasteiger partial charge in [0.15, 0.2) is 11.6 Å². The van der Waals surface area contributed by atoms with Crippen LogP contribution in [0.5, 0.6) is 0 Å². The highest BCUT2D eigenvalue weighted by Crippen LogP contribution is 2.20. The van der Waals surface area contributed by atoms with Crippen LogP contribution in [0, 0.1) is 11.6 Å². The predicted molar refractivity (Wildman–Crippen MR) is 70.4 cm³/mol. The fourth-order valence-corrected chi connectivity index (χ4v) is 2.14. The van der Waals surface area contributed by atoms with E-state index in [0.29, 0.717) is 0 Å². The molecule has 1 nitrogen and oxygen atoms in total. The lowest BCUT2D eigenvalue weighted by Gasteiger charge is -2.18. The molecule has 1 unspecified atom stereocenters. The maximum absolute atomic E-state index is 13.2. The van der Waals surface area contributed by atoms with Crippen LogP contribution in [0.15, 0.2) is 18.2 Å². The van der Waals surface area contributed by atoms with E-state index < -0.39 is 11.6 Å². The first-order valence-electron chi connectivity index (χ1n) is 5.86. The van der Waals surface area contributed by atoms with Crippen LogP contribution in [0.25, 0.3) is 0 Å². The summed E-state index contributed by atoms with van der Waals surface area (Å²) in [5, 5.41) is 3.36. The second-order valence-corrected chi connectivity index (χ2v) is 4.95. The smallest absolute Gasteiger partial charge is 0.159 e. The molecule has 1 aromatic carbocycles. The van der Waals surface area contributed by atoms with Gasteiger partial charge in [-0.15, -0.1) is 0 Å². The number of halogens is 2. The average Bonchev–Trinajstić information content (AvgIpc) is 2.33. The van der Waals surface area contributed by atoms with Crippen molar-refractivity contribution in [1.29, 1.82) is 0 Å². The molecule has 0 bridgehead atoms. The van der Waals surface area contributed by atoms with Gasteiger partial charge in [0, 0.05) is 6.04 Å². The van der Waals surface area contributed by atoms with Crippen molar-refractivity contribution in [3.8, 4) is 0 Å². The third kappa shape index (κ3) is 4.64. The minimum absolute atomic E-state index is 0.109. The zero-order valence-electron chi connectivity index (χ0n) is 10.3. The Labute approximate surface area is 106 Å². The van der Waals surface area contributed by atoms with Crippen LogP contribution in [0.4, 0.5) is 8.78 Å². The van der Waals surface area contributed by atoms with Crippen LogP contribution in [-0.2, 0) is 0 Å². The molecule has 0 spiro atoms. The predicted octanol–water partition coefficient (Wildman–Crippen LogP) is 3.76. The van der Waals surface area contributed by atoms with Gasteiger partial charge >= 0.3 is 0 Å². The molecule has 0 aliphatic rings. The number of hydrogen-bond donors (Lipinski definition) is 1. The van der Waals surface area contributed by atoms with E-state index >= 15 is 0 Å². The first-order chi connectivity index (χ1) is 8.19. The maximum atomic E-state index is 13.2. The summed E-state index contributed by atoms with van der Waals surface area (Å²) in [6, 6.07) is 4.26. The number of rotatable bonds is 7. The van der Waals surface area contributed by atoms with Gasteiger partial charge in [-0.2, -0.15) is 11.8 Å². The van der Waals surface area contributed by atoms with Crippen molar-refractivity contribution < 1.29 is 8.78 Å². The van der Waals surface area contributed by atoms with E-state index in [1.54, 1.807) is 17.8 Å². The lowest BCUT2D eigenvalue weighted by atomic mass is 10.0. The summed E-state index contributed by atoms with van der Waals surface area (Å²) >= 11 is 1.76. The summed E-state index contributed by atoms with van der Waals surface area (Å²) in [7, 11) is 0. The Hall–Kier alpha value is -0.610. The molecule has 1 N–H and O–H groups in total. The minimum atomic E-state index is -0.784. The van der Waals surface area contributed by atoms with Gasteiger partial charge in [0.25, 0.3) is 0 Å². The summed E-state index contributed by atoms with van der Waals surface area (Å²) < 4.78 is 26.0. The van der Waals surface area contributed by atoms with Gasteiger partial charge in [-0.3, -0.25) is 0 Å². The monoisotopic (exact) mass is 259 g/mol. The summed E-state index contributed by atoms with van der Waals surface area (Å²) in [6.07, 6.45) is 3.99. The Bertz CT molecular complexity index is 336. The van der Waals surface area contributed by atoms with Crippen LogP contribution in [-0.4, -0.2) is 18.6 Å². The van der Waals surface area contributed by atoms with E-state index in [9.17, 15) is 8.78 Å². The van der Waals surface area contributed by atoms with Crippen molar-refractivity contribution in [1.82, 2.24) is 5.32 Å². The van der Waals surface area contributed by atoms with Crippen molar-refractivity contribution in [3.63, 3.8) is 0 Å². The van der Waals surface area contributed by atoms with Gasteiger partial charge in [-0.25, -0.2) is 8.78 Å². The first kappa shape index (κ1) is 14.5. The Morgan fingerprint density at radius 1 is 1.29 bits per heavy atom. The largest absolute Gasteiger partial charge is 0.310 e. The SMILES string of the molecule is CCCNC(CCSC)c1ccc(F)c(F)c1. The third-order valence-electron chi connectivity index (χ3n) is 2.60. The Kier molecular flexibility index (Phi) is 6.52. The van der Waals surface area contributed by atoms with Gasteiger partial charge in [0.05, 0.1) is 0 Å². The molecule has 1 atom stereocenters. The van der Waals surface area contributed by atoms with Gasteiger partial charge in [-0.1, -0.05) is 13.0 Å². The molecule has 4 heteroatoms. The van der Waals surface area contributed by atoms with Gasteiger partial charge in [0.2, 0.25) is 0 Å². The highest BCUT2D eigenvalue weighted by Gasteiger charge is 2.12. The molecule has 0 aliphatic carbocycles. The van der Waals surface area contributed by atoms with E-state index in [1.165, 1.54) is 12.1 Å². The highest BCUT2D eigenvalue weighted by molar-refractivity contribution is 7.98. The Balaban J connectivity index is 2.75. The van der Waals surface area contributed by atoms with E-state index in [2.05, 4.69) is 12.2 Å². The van der Waals surface area contributed by atoms with Crippen LogP contribution in [0.3, 0.4) is 0 Å². The van der Waals surface area contributed by atoms with Gasteiger partial charge in [-0.05, 0) is 49.1 Å². The molecule has 96 valence electrons. The van der Waals surface area contributed by atoms with Crippen molar-refractivity contribution in [2.45, 2.75) is 25.8 Å². The quantitative estimate of drug-likeness (QED) is 0.800. The van der Waals surface area contributed by atoms with E-state index in [0.717, 1.165) is 30.7 Å². The molecule has 0 amide bonds. The lowest BCUT2D eigenvalue weighted by molar-refractivity contribution is 0.491. The number of hydrogen-bond acceptors (Lipinski definition) is 2. The van der Waals surface area contributed by atoms with Gasteiger partial charge in [0.1, 0.15) is 0 Å². The fourth-order valence-electron chi connectivity index (χ4n) is 1.67. The molecular weight excluding hydrogens is 240 g/mol. The third-order valence-corrected chi connectivity index (χ3v) is 3.24. The van der Waals surface area contributed by atoms with Crippen LogP contribution in [0.1, 0.15) is 31.4 Å². The molecular formula is C13H19F2NS. The minimum Gasteiger partial charge on any atom is -0.310 e. The molecule has 0 aromatic heterocycles.